The summed E-state index contributed by atoms with van der Waals surface area (Å²) in [6, 6.07) is 0.991. The Hall–Kier alpha value is -3.02. The van der Waals surface area contributed by atoms with Crippen molar-refractivity contribution in [1.29, 1.82) is 0 Å². The van der Waals surface area contributed by atoms with Crippen molar-refractivity contribution < 1.29 is 17.9 Å². The lowest BCUT2D eigenvalue weighted by Gasteiger charge is -2.36. The fourth-order valence-corrected chi connectivity index (χ4v) is 4.06. The van der Waals surface area contributed by atoms with Crippen LogP contribution in [-0.2, 0) is 17.5 Å². The Bertz CT molecular complexity index is 1060. The summed E-state index contributed by atoms with van der Waals surface area (Å²) in [5.74, 6) is 1.00. The van der Waals surface area contributed by atoms with E-state index in [2.05, 4.69) is 29.8 Å². The van der Waals surface area contributed by atoms with Crippen molar-refractivity contribution in [2.75, 3.05) is 42.6 Å². The smallest absolute Gasteiger partial charge is 0.376 e. The fraction of sp³-hybridized carbons (Fsp3) is 0.526. The summed E-state index contributed by atoms with van der Waals surface area (Å²) in [6.45, 7) is 3.67. The van der Waals surface area contributed by atoms with E-state index >= 15 is 0 Å². The first-order valence-corrected chi connectivity index (χ1v) is 10.2. The maximum absolute atomic E-state index is 12.9. The Morgan fingerprint density at radius 3 is 2.48 bits per heavy atom. The number of ether oxygens (including phenoxy) is 1. The van der Waals surface area contributed by atoms with Gasteiger partial charge < -0.3 is 19.1 Å². The third-order valence-corrected chi connectivity index (χ3v) is 5.65. The van der Waals surface area contributed by atoms with E-state index in [1.54, 1.807) is 6.33 Å². The molecule has 0 aromatic carbocycles. The highest BCUT2D eigenvalue weighted by molar-refractivity contribution is 5.83. The maximum Gasteiger partial charge on any atom is 0.433 e. The Balaban J connectivity index is 1.31. The van der Waals surface area contributed by atoms with Crippen LogP contribution in [0.15, 0.2) is 25.0 Å². The van der Waals surface area contributed by atoms with Crippen LogP contribution < -0.4 is 9.80 Å². The molecule has 2 aliphatic rings. The Labute approximate surface area is 175 Å². The minimum Gasteiger partial charge on any atom is -0.376 e. The number of halogens is 3. The van der Waals surface area contributed by atoms with Crippen LogP contribution in [0.3, 0.4) is 0 Å². The van der Waals surface area contributed by atoms with Crippen LogP contribution in [0, 0.1) is 0 Å². The predicted octanol–water partition coefficient (Wildman–Crippen LogP) is 2.14. The molecule has 12 heteroatoms. The van der Waals surface area contributed by atoms with Gasteiger partial charge in [0.15, 0.2) is 17.0 Å². The van der Waals surface area contributed by atoms with Gasteiger partial charge in [0.25, 0.3) is 0 Å². The van der Waals surface area contributed by atoms with Crippen LogP contribution in [0.2, 0.25) is 0 Å². The van der Waals surface area contributed by atoms with Crippen molar-refractivity contribution in [3.8, 4) is 0 Å². The second kappa shape index (κ2) is 7.91. The summed E-state index contributed by atoms with van der Waals surface area (Å²) < 4.78 is 46.6. The van der Waals surface area contributed by atoms with Crippen LogP contribution in [0.5, 0.6) is 0 Å². The lowest BCUT2D eigenvalue weighted by molar-refractivity contribution is -0.141. The van der Waals surface area contributed by atoms with Gasteiger partial charge in [-0.3, -0.25) is 0 Å². The molecule has 3 aromatic rings. The molecule has 2 saturated heterocycles. The summed E-state index contributed by atoms with van der Waals surface area (Å²) >= 11 is 0. The minimum atomic E-state index is -4.49. The van der Waals surface area contributed by atoms with Gasteiger partial charge in [0.2, 0.25) is 0 Å². The van der Waals surface area contributed by atoms with Crippen molar-refractivity contribution in [1.82, 2.24) is 29.5 Å². The van der Waals surface area contributed by atoms with Crippen molar-refractivity contribution in [3.05, 3.63) is 30.7 Å². The van der Waals surface area contributed by atoms with E-state index in [1.807, 2.05) is 9.47 Å². The molecule has 0 saturated carbocycles. The molecule has 0 N–H and O–H groups in total. The van der Waals surface area contributed by atoms with E-state index in [1.165, 1.54) is 6.33 Å². The number of rotatable bonds is 4. The highest BCUT2D eigenvalue weighted by Gasteiger charge is 2.33. The quantitative estimate of drug-likeness (QED) is 0.618. The summed E-state index contributed by atoms with van der Waals surface area (Å²) in [4.78, 5) is 24.6. The van der Waals surface area contributed by atoms with E-state index in [0.717, 1.165) is 48.8 Å². The van der Waals surface area contributed by atoms with E-state index in [9.17, 15) is 13.2 Å². The Morgan fingerprint density at radius 2 is 1.74 bits per heavy atom. The molecular weight excluding hydrogens is 413 g/mol. The van der Waals surface area contributed by atoms with Crippen molar-refractivity contribution in [2.24, 2.45) is 0 Å². The molecule has 0 radical (unpaired) electrons. The number of alkyl halides is 3. The molecular formula is C19H21F3N8O. The van der Waals surface area contributed by atoms with Gasteiger partial charge >= 0.3 is 6.18 Å². The van der Waals surface area contributed by atoms with Crippen LogP contribution in [0.4, 0.5) is 24.8 Å². The zero-order valence-electron chi connectivity index (χ0n) is 16.7. The van der Waals surface area contributed by atoms with Gasteiger partial charge in [-0.1, -0.05) is 0 Å². The van der Waals surface area contributed by atoms with Gasteiger partial charge in [0, 0.05) is 38.9 Å². The molecule has 9 nitrogen and oxygen atoms in total. The second-order valence-electron chi connectivity index (χ2n) is 7.63. The van der Waals surface area contributed by atoms with E-state index < -0.39 is 11.9 Å². The number of hydrogen-bond donors (Lipinski definition) is 0. The van der Waals surface area contributed by atoms with Crippen LogP contribution >= 0.6 is 0 Å². The van der Waals surface area contributed by atoms with Gasteiger partial charge in [-0.25, -0.2) is 24.9 Å². The largest absolute Gasteiger partial charge is 0.433 e. The molecule has 5 rings (SSSR count). The molecule has 5 heterocycles. The Morgan fingerprint density at radius 1 is 0.968 bits per heavy atom. The van der Waals surface area contributed by atoms with Crippen LogP contribution in [0.1, 0.15) is 18.5 Å². The van der Waals surface area contributed by atoms with Gasteiger partial charge in [-0.05, 0) is 12.8 Å². The van der Waals surface area contributed by atoms with Crippen molar-refractivity contribution in [2.45, 2.75) is 31.7 Å². The molecule has 0 amide bonds. The number of imidazole rings is 1. The lowest BCUT2D eigenvalue weighted by atomic mass is 10.2. The molecule has 164 valence electrons. The van der Waals surface area contributed by atoms with Gasteiger partial charge in [0.1, 0.15) is 24.2 Å². The summed E-state index contributed by atoms with van der Waals surface area (Å²) in [5.41, 5.74) is 0.540. The summed E-state index contributed by atoms with van der Waals surface area (Å²) in [6.07, 6.45) is 2.03. The second-order valence-corrected chi connectivity index (χ2v) is 7.63. The first kappa shape index (κ1) is 19.9. The Kier molecular flexibility index (Phi) is 5.08. The van der Waals surface area contributed by atoms with Crippen LogP contribution in [-0.4, -0.2) is 68.4 Å². The topological polar surface area (TPSA) is 85.1 Å². The van der Waals surface area contributed by atoms with Gasteiger partial charge in [-0.2, -0.15) is 13.2 Å². The standard InChI is InChI=1S/C19H21F3N8O/c20-19(21,22)14-8-15(24-10-23-14)28-3-5-29(6-4-28)17-16-18(26-11-25-17)30(12-27-16)9-13-2-1-7-31-13/h8,10-13H,1-7,9H2. The summed E-state index contributed by atoms with van der Waals surface area (Å²) in [7, 11) is 0. The monoisotopic (exact) mass is 434 g/mol. The predicted molar refractivity (Wildman–Crippen MR) is 106 cm³/mol. The van der Waals surface area contributed by atoms with E-state index in [4.69, 9.17) is 4.74 Å². The normalized spacial score (nSPS) is 20.0. The highest BCUT2D eigenvalue weighted by Crippen LogP contribution is 2.30. The zero-order chi connectivity index (χ0) is 21.4. The first-order chi connectivity index (χ1) is 15.0. The lowest BCUT2D eigenvalue weighted by Crippen LogP contribution is -2.47. The van der Waals surface area contributed by atoms with Crippen LogP contribution in [0.25, 0.3) is 11.2 Å². The average Bonchev–Trinajstić information content (AvgIpc) is 3.44. The summed E-state index contributed by atoms with van der Waals surface area (Å²) in [5, 5.41) is 0. The molecule has 2 fully saturated rings. The third kappa shape index (κ3) is 3.99. The molecule has 0 spiro atoms. The van der Waals surface area contributed by atoms with E-state index in [-0.39, 0.29) is 11.9 Å². The molecule has 0 bridgehead atoms. The maximum atomic E-state index is 12.9. The number of aromatic nitrogens is 6. The SMILES string of the molecule is FC(F)(F)c1cc(N2CCN(c3ncnc4c3ncn4CC3CCCO3)CC2)ncn1. The number of hydrogen-bond acceptors (Lipinski definition) is 8. The van der Waals surface area contributed by atoms with E-state index in [0.29, 0.717) is 32.7 Å². The number of piperazine rings is 1. The molecule has 0 aliphatic carbocycles. The molecule has 1 atom stereocenters. The number of anilines is 2. The molecule has 3 aromatic heterocycles. The minimum absolute atomic E-state index is 0.175. The third-order valence-electron chi connectivity index (χ3n) is 5.65. The highest BCUT2D eigenvalue weighted by atomic mass is 19.4. The first-order valence-electron chi connectivity index (χ1n) is 10.2. The van der Waals surface area contributed by atoms with Crippen molar-refractivity contribution in [3.63, 3.8) is 0 Å². The van der Waals surface area contributed by atoms with Gasteiger partial charge in [0.05, 0.1) is 19.0 Å². The average molecular weight is 434 g/mol. The van der Waals surface area contributed by atoms with Crippen molar-refractivity contribution >= 4 is 22.8 Å². The number of nitrogens with zero attached hydrogens (tertiary/aromatic N) is 8. The fourth-order valence-electron chi connectivity index (χ4n) is 4.06. The van der Waals surface area contributed by atoms with Gasteiger partial charge in [-0.15, -0.1) is 0 Å². The molecule has 2 aliphatic heterocycles. The zero-order valence-corrected chi connectivity index (χ0v) is 16.7. The molecule has 1 unspecified atom stereocenters. The number of fused-ring (bicyclic) bond motifs is 1. The molecule has 31 heavy (non-hydrogen) atoms.